The van der Waals surface area contributed by atoms with Crippen LogP contribution in [-0.4, -0.2) is 72.3 Å². The van der Waals surface area contributed by atoms with Crippen LogP contribution in [0.3, 0.4) is 0 Å². The first-order valence-electron chi connectivity index (χ1n) is 13.9. The molecule has 4 saturated carbocycles. The van der Waals surface area contributed by atoms with E-state index in [4.69, 9.17) is 14.3 Å². The van der Waals surface area contributed by atoms with Gasteiger partial charge in [0.1, 0.15) is 0 Å². The minimum Gasteiger partial charge on any atom is -0.476 e. The number of aromatic carboxylic acids is 1. The molecule has 4 aliphatic carbocycles. The third-order valence-electron chi connectivity index (χ3n) is 11.0. The SMILES string of the molecule is CC1=C(c2ccc(C)nc2C(=O)O)C=NC1CC12CC3(C)CC4(C)CC(OCCNCCS(=O)(=O)O)(C1)C34C2. The second kappa shape index (κ2) is 8.44. The zero-order valence-corrected chi connectivity index (χ0v) is 24.0. The zero-order valence-electron chi connectivity index (χ0n) is 23.2. The van der Waals surface area contributed by atoms with Crippen molar-refractivity contribution in [1.29, 1.82) is 0 Å². The lowest BCUT2D eigenvalue weighted by molar-refractivity contribution is -0.387. The molecule has 5 aliphatic rings. The van der Waals surface area contributed by atoms with E-state index in [1.54, 1.807) is 6.92 Å². The number of nitrogens with zero attached hydrogens (tertiary/aromatic N) is 2. The van der Waals surface area contributed by atoms with Crippen LogP contribution in [-0.2, 0) is 14.9 Å². The minimum atomic E-state index is -3.97. The first-order chi connectivity index (χ1) is 18.2. The van der Waals surface area contributed by atoms with Crippen LogP contribution in [0.25, 0.3) is 5.57 Å². The van der Waals surface area contributed by atoms with Gasteiger partial charge in [-0.05, 0) is 80.3 Å². The van der Waals surface area contributed by atoms with E-state index in [0.717, 1.165) is 36.8 Å². The number of carbonyl (C=O) groups is 1. The van der Waals surface area contributed by atoms with E-state index in [1.165, 1.54) is 12.8 Å². The Morgan fingerprint density at radius 1 is 1.10 bits per heavy atom. The van der Waals surface area contributed by atoms with Gasteiger partial charge in [-0.1, -0.05) is 19.9 Å². The van der Waals surface area contributed by atoms with Crippen molar-refractivity contribution in [3.8, 4) is 0 Å². The van der Waals surface area contributed by atoms with Gasteiger partial charge in [-0.15, -0.1) is 0 Å². The Hall–Kier alpha value is -2.14. The molecule has 1 aromatic rings. The van der Waals surface area contributed by atoms with Crippen molar-refractivity contribution >= 4 is 27.9 Å². The van der Waals surface area contributed by atoms with Crippen molar-refractivity contribution in [3.63, 3.8) is 0 Å². The molecule has 4 fully saturated rings. The molecule has 1 aliphatic heterocycles. The first-order valence-corrected chi connectivity index (χ1v) is 15.5. The van der Waals surface area contributed by atoms with Gasteiger partial charge in [0.05, 0.1) is 24.0 Å². The lowest BCUT2D eigenvalue weighted by Crippen LogP contribution is -2.81. The van der Waals surface area contributed by atoms with Gasteiger partial charge >= 0.3 is 5.97 Å². The number of fused-ring (bicyclic) bond motifs is 1. The number of carboxylic acids is 1. The first kappa shape index (κ1) is 27.1. The summed E-state index contributed by atoms with van der Waals surface area (Å²) >= 11 is 0. The fraction of sp³-hybridized carbons (Fsp3) is 0.690. The summed E-state index contributed by atoms with van der Waals surface area (Å²) in [5.74, 6) is -1.33. The topological polar surface area (TPSA) is 138 Å². The van der Waals surface area contributed by atoms with Crippen LogP contribution < -0.4 is 5.32 Å². The van der Waals surface area contributed by atoms with Gasteiger partial charge in [0.25, 0.3) is 10.1 Å². The predicted molar refractivity (Wildman–Crippen MR) is 148 cm³/mol. The smallest absolute Gasteiger partial charge is 0.355 e. The average molecular weight is 558 g/mol. The summed E-state index contributed by atoms with van der Waals surface area (Å²) in [4.78, 5) is 21.1. The maximum atomic E-state index is 11.9. The summed E-state index contributed by atoms with van der Waals surface area (Å²) < 4.78 is 37.6. The molecular weight excluding hydrogens is 518 g/mol. The maximum absolute atomic E-state index is 11.9. The predicted octanol–water partition coefficient (Wildman–Crippen LogP) is 3.93. The average Bonchev–Trinajstić information content (AvgIpc) is 3.38. The van der Waals surface area contributed by atoms with E-state index in [2.05, 4.69) is 31.1 Å². The number of hydrogen-bond donors (Lipinski definition) is 3. The monoisotopic (exact) mass is 557 g/mol. The number of aromatic nitrogens is 1. The third kappa shape index (κ3) is 3.74. The van der Waals surface area contributed by atoms with Crippen LogP contribution in [0.4, 0.5) is 0 Å². The summed E-state index contributed by atoms with van der Waals surface area (Å²) in [6, 6.07) is 3.72. The molecule has 3 N–H and O–H groups in total. The highest BCUT2D eigenvalue weighted by atomic mass is 32.2. The van der Waals surface area contributed by atoms with E-state index in [-0.39, 0.29) is 45.9 Å². The van der Waals surface area contributed by atoms with Crippen molar-refractivity contribution in [3.05, 3.63) is 34.7 Å². The lowest BCUT2D eigenvalue weighted by atomic mass is 9.24. The fourth-order valence-corrected chi connectivity index (χ4v) is 10.9. The Morgan fingerprint density at radius 3 is 2.54 bits per heavy atom. The number of ether oxygens (including phenoxy) is 1. The van der Waals surface area contributed by atoms with Crippen molar-refractivity contribution < 1.29 is 27.6 Å². The Kier molecular flexibility index (Phi) is 5.85. The van der Waals surface area contributed by atoms with Gasteiger partial charge in [-0.2, -0.15) is 8.42 Å². The normalized spacial score (nSPS) is 39.6. The van der Waals surface area contributed by atoms with Crippen molar-refractivity contribution in [2.45, 2.75) is 77.9 Å². The molecule has 2 heterocycles. The summed E-state index contributed by atoms with van der Waals surface area (Å²) in [5.41, 5.74) is 4.06. The van der Waals surface area contributed by atoms with Gasteiger partial charge in [0.15, 0.2) is 5.69 Å². The van der Waals surface area contributed by atoms with Gasteiger partial charge in [-0.25, -0.2) is 9.78 Å². The zero-order chi connectivity index (χ0) is 28.1. The Morgan fingerprint density at radius 2 is 1.85 bits per heavy atom. The number of hydrogen-bond acceptors (Lipinski definition) is 7. The lowest BCUT2D eigenvalue weighted by Gasteiger charge is -2.82. The minimum absolute atomic E-state index is 0.0170. The number of pyridine rings is 1. The molecule has 0 amide bonds. The molecule has 9 nitrogen and oxygen atoms in total. The second-order valence-corrected chi connectivity index (χ2v) is 15.1. The van der Waals surface area contributed by atoms with E-state index in [9.17, 15) is 18.3 Å². The van der Waals surface area contributed by atoms with Crippen molar-refractivity contribution in [1.82, 2.24) is 10.3 Å². The van der Waals surface area contributed by atoms with Crippen LogP contribution in [0.5, 0.6) is 0 Å². The molecule has 6 rings (SSSR count). The van der Waals surface area contributed by atoms with E-state index < -0.39 is 16.1 Å². The Balaban J connectivity index is 1.20. The highest BCUT2D eigenvalue weighted by Crippen LogP contribution is 2.96. The molecule has 0 radical (unpaired) electrons. The van der Waals surface area contributed by atoms with Crippen LogP contribution in [0.1, 0.15) is 81.0 Å². The highest BCUT2D eigenvalue weighted by molar-refractivity contribution is 7.85. The molecule has 6 atom stereocenters. The van der Waals surface area contributed by atoms with Gasteiger partial charge < -0.3 is 15.2 Å². The number of rotatable bonds is 11. The number of nitrogens with one attached hydrogen (secondary N) is 1. The molecule has 39 heavy (non-hydrogen) atoms. The number of allylic oxidation sites excluding steroid dienone is 1. The molecule has 10 heteroatoms. The third-order valence-corrected chi connectivity index (χ3v) is 11.7. The summed E-state index contributed by atoms with van der Waals surface area (Å²) in [5, 5.41) is 12.8. The van der Waals surface area contributed by atoms with Crippen molar-refractivity contribution in [2.24, 2.45) is 26.7 Å². The standard InChI is InChI=1S/C29H39N3O6S/c1-18-5-6-20(23(32-18)24(33)34)21-12-31-22(19(21)2)11-27-14-25(3)13-26(4)15-28(16-27,29(25,26)17-27)38-9-7-30-8-10-39(35,36)37/h5-6,12,22,30H,7-11,13-17H2,1-4H3,(H,33,34)(H,35,36,37). The highest BCUT2D eigenvalue weighted by Gasteiger charge is 2.93. The molecule has 0 saturated heterocycles. The fourth-order valence-electron chi connectivity index (χ4n) is 10.4. The molecule has 212 valence electrons. The Bertz CT molecular complexity index is 1420. The summed E-state index contributed by atoms with van der Waals surface area (Å²) in [7, 11) is -3.97. The van der Waals surface area contributed by atoms with Gasteiger partial charge in [0.2, 0.25) is 0 Å². The van der Waals surface area contributed by atoms with Gasteiger partial charge in [-0.3, -0.25) is 9.55 Å². The largest absolute Gasteiger partial charge is 0.476 e. The molecule has 0 aromatic carbocycles. The van der Waals surface area contributed by atoms with Crippen LogP contribution in [0.15, 0.2) is 22.7 Å². The molecule has 1 spiro atoms. The molecule has 2 bridgehead atoms. The molecular formula is C29H39N3O6S. The molecule has 6 unspecified atom stereocenters. The van der Waals surface area contributed by atoms with Crippen LogP contribution in [0, 0.1) is 28.6 Å². The number of aryl methyl sites for hydroxylation is 1. The summed E-state index contributed by atoms with van der Waals surface area (Å²) in [6.45, 7) is 10.0. The van der Waals surface area contributed by atoms with Crippen LogP contribution in [0.2, 0.25) is 0 Å². The van der Waals surface area contributed by atoms with Crippen LogP contribution >= 0.6 is 0 Å². The van der Waals surface area contributed by atoms with Gasteiger partial charge in [0, 0.05) is 41.5 Å². The Labute approximate surface area is 230 Å². The van der Waals surface area contributed by atoms with E-state index in [1.807, 2.05) is 18.3 Å². The van der Waals surface area contributed by atoms with E-state index in [0.29, 0.717) is 29.8 Å². The van der Waals surface area contributed by atoms with E-state index >= 15 is 0 Å². The summed E-state index contributed by atoms with van der Waals surface area (Å²) in [6.07, 6.45) is 8.40. The second-order valence-electron chi connectivity index (χ2n) is 13.5. The maximum Gasteiger partial charge on any atom is 0.355 e. The number of carboxylic acid groups (broad SMARTS) is 1. The quantitative estimate of drug-likeness (QED) is 0.275. The number of aliphatic imine (C=N–C) groups is 1. The molecule has 1 aromatic heterocycles. The van der Waals surface area contributed by atoms with Crippen molar-refractivity contribution in [2.75, 3.05) is 25.4 Å².